The molecule has 1 unspecified atom stereocenters. The maximum Gasteiger partial charge on any atom is 0.309 e. The Kier molecular flexibility index (Phi) is 5.04. The van der Waals surface area contributed by atoms with Crippen molar-refractivity contribution in [1.82, 2.24) is 0 Å². The third-order valence-corrected chi connectivity index (χ3v) is 13.1. The lowest BCUT2D eigenvalue weighted by atomic mass is 9.33. The van der Waals surface area contributed by atoms with Crippen LogP contribution >= 0.6 is 0 Å². The van der Waals surface area contributed by atoms with Gasteiger partial charge in [-0.1, -0.05) is 47.1 Å². The van der Waals surface area contributed by atoms with Crippen molar-refractivity contribution < 1.29 is 19.8 Å². The van der Waals surface area contributed by atoms with Crippen LogP contribution in [0.3, 0.4) is 0 Å². The molecule has 5 rings (SSSR count). The van der Waals surface area contributed by atoms with Crippen molar-refractivity contribution in [1.29, 1.82) is 0 Å². The van der Waals surface area contributed by atoms with Crippen molar-refractivity contribution >= 4 is 11.8 Å². The first-order valence-electron chi connectivity index (χ1n) is 13.7. The molecule has 2 N–H and O–H groups in total. The van der Waals surface area contributed by atoms with Gasteiger partial charge in [-0.3, -0.25) is 9.59 Å². The first-order valence-corrected chi connectivity index (χ1v) is 13.7. The zero-order valence-corrected chi connectivity index (χ0v) is 22.5. The Hall–Kier alpha value is -1.16. The summed E-state index contributed by atoms with van der Waals surface area (Å²) in [6.45, 7) is 15.8. The van der Waals surface area contributed by atoms with Crippen LogP contribution < -0.4 is 0 Å². The SMILES string of the molecule is CC1(C)C2CC[C@@]3(C)[C@@H](C(=O)C=C4[C@H]5C[C@@](C)(C(=O)O)CC[C@]5(C)CC[C@]43C)[C@]2(C)CC[C@@H]1O. The molecule has 0 aromatic rings. The fraction of sp³-hybridized carbons (Fsp3) is 0.867. The topological polar surface area (TPSA) is 74.6 Å². The van der Waals surface area contributed by atoms with Gasteiger partial charge in [0.25, 0.3) is 0 Å². The van der Waals surface area contributed by atoms with Crippen molar-refractivity contribution in [3.8, 4) is 0 Å². The molecule has 0 amide bonds. The fourth-order valence-electron chi connectivity index (χ4n) is 10.4. The highest BCUT2D eigenvalue weighted by atomic mass is 16.4. The van der Waals surface area contributed by atoms with Crippen LogP contribution in [0.25, 0.3) is 0 Å². The van der Waals surface area contributed by atoms with E-state index in [9.17, 15) is 19.8 Å². The number of aliphatic carboxylic acids is 1. The van der Waals surface area contributed by atoms with Crippen LogP contribution in [0.4, 0.5) is 0 Å². The summed E-state index contributed by atoms with van der Waals surface area (Å²) in [5.41, 5.74) is 0.142. The monoisotopic (exact) mass is 470 g/mol. The van der Waals surface area contributed by atoms with Gasteiger partial charge in [-0.2, -0.15) is 0 Å². The Morgan fingerprint density at radius 3 is 2.21 bits per heavy atom. The number of carboxylic acids is 1. The van der Waals surface area contributed by atoms with Gasteiger partial charge < -0.3 is 10.2 Å². The second-order valence-corrected chi connectivity index (χ2v) is 14.9. The lowest BCUT2D eigenvalue weighted by Crippen LogP contribution is -2.66. The first kappa shape index (κ1) is 24.5. The van der Waals surface area contributed by atoms with Crippen molar-refractivity contribution in [3.63, 3.8) is 0 Å². The minimum absolute atomic E-state index is 0.0296. The Bertz CT molecular complexity index is 965. The van der Waals surface area contributed by atoms with Crippen molar-refractivity contribution in [2.45, 2.75) is 112 Å². The number of hydrogen-bond donors (Lipinski definition) is 2. The number of carbonyl (C=O) groups is 2. The maximum absolute atomic E-state index is 14.2. The molecule has 0 saturated heterocycles. The quantitative estimate of drug-likeness (QED) is 0.464. The number of fused-ring (bicyclic) bond motifs is 7. The molecule has 4 saturated carbocycles. The van der Waals surface area contributed by atoms with Gasteiger partial charge in [0.05, 0.1) is 11.5 Å². The van der Waals surface area contributed by atoms with Crippen LogP contribution in [0.2, 0.25) is 0 Å². The molecule has 0 heterocycles. The van der Waals surface area contributed by atoms with E-state index in [1.54, 1.807) is 0 Å². The molecule has 9 atom stereocenters. The van der Waals surface area contributed by atoms with E-state index in [0.717, 1.165) is 51.4 Å². The third-order valence-electron chi connectivity index (χ3n) is 13.1. The van der Waals surface area contributed by atoms with Gasteiger partial charge in [0, 0.05) is 5.92 Å². The first-order chi connectivity index (χ1) is 15.6. The highest BCUT2D eigenvalue weighted by Gasteiger charge is 2.70. The lowest BCUT2D eigenvalue weighted by molar-refractivity contribution is -0.202. The largest absolute Gasteiger partial charge is 0.481 e. The number of rotatable bonds is 1. The summed E-state index contributed by atoms with van der Waals surface area (Å²) in [6, 6.07) is 0. The third kappa shape index (κ3) is 2.81. The van der Waals surface area contributed by atoms with Gasteiger partial charge in [0.1, 0.15) is 0 Å². The highest BCUT2D eigenvalue weighted by molar-refractivity contribution is 5.95. The average molecular weight is 471 g/mol. The van der Waals surface area contributed by atoms with E-state index in [1.165, 1.54) is 5.57 Å². The Morgan fingerprint density at radius 1 is 0.912 bits per heavy atom. The van der Waals surface area contributed by atoms with Crippen molar-refractivity contribution in [3.05, 3.63) is 11.6 Å². The summed E-state index contributed by atoms with van der Waals surface area (Å²) in [6.07, 6.45) is 9.95. The second-order valence-electron chi connectivity index (χ2n) is 14.9. The number of carbonyl (C=O) groups excluding carboxylic acids is 1. The molecule has 5 aliphatic carbocycles. The number of ketones is 1. The Balaban J connectivity index is 1.62. The van der Waals surface area contributed by atoms with E-state index >= 15 is 0 Å². The molecule has 0 bridgehead atoms. The molecule has 34 heavy (non-hydrogen) atoms. The van der Waals surface area contributed by atoms with E-state index in [-0.39, 0.29) is 50.8 Å². The lowest BCUT2D eigenvalue weighted by Gasteiger charge is -2.70. The van der Waals surface area contributed by atoms with E-state index in [1.807, 2.05) is 13.0 Å². The zero-order valence-electron chi connectivity index (χ0n) is 22.5. The second kappa shape index (κ2) is 6.99. The molecular weight excluding hydrogens is 424 g/mol. The summed E-state index contributed by atoms with van der Waals surface area (Å²) in [5.74, 6) is 0.0603. The van der Waals surface area contributed by atoms with E-state index in [4.69, 9.17) is 0 Å². The summed E-state index contributed by atoms with van der Waals surface area (Å²) in [7, 11) is 0. The van der Waals surface area contributed by atoms with Gasteiger partial charge in [-0.25, -0.2) is 0 Å². The number of carboxylic acid groups (broad SMARTS) is 1. The number of aliphatic hydroxyl groups is 1. The van der Waals surface area contributed by atoms with Crippen molar-refractivity contribution in [2.24, 2.45) is 50.2 Å². The molecule has 0 aliphatic heterocycles. The summed E-state index contributed by atoms with van der Waals surface area (Å²) in [4.78, 5) is 26.4. The minimum atomic E-state index is -0.711. The van der Waals surface area contributed by atoms with Crippen LogP contribution in [0.5, 0.6) is 0 Å². The Morgan fingerprint density at radius 2 is 1.56 bits per heavy atom. The molecule has 190 valence electrons. The van der Waals surface area contributed by atoms with Gasteiger partial charge in [0.15, 0.2) is 5.78 Å². The van der Waals surface area contributed by atoms with Gasteiger partial charge in [0.2, 0.25) is 0 Å². The molecule has 4 nitrogen and oxygen atoms in total. The average Bonchev–Trinajstić information content (AvgIpc) is 2.73. The van der Waals surface area contributed by atoms with Gasteiger partial charge in [-0.05, 0) is 110 Å². The molecule has 4 heteroatoms. The predicted octanol–water partition coefficient (Wildman–Crippen LogP) is 6.41. The smallest absolute Gasteiger partial charge is 0.309 e. The standard InChI is InChI=1S/C30H46O4/c1-25(2)21-8-11-30(7)23(28(21,5)10-9-22(25)32)20(31)16-18-19-17-27(4,24(33)34)13-12-26(19,3)14-15-29(18,30)6/h16,19,21-23,32H,8-15,17H2,1-7H3,(H,33,34)/t19-,21?,22+,23+,26-,27+,28-,29-,30+/m1/s1. The van der Waals surface area contributed by atoms with E-state index in [2.05, 4.69) is 41.5 Å². The molecule has 0 spiro atoms. The summed E-state index contributed by atoms with van der Waals surface area (Å²) < 4.78 is 0. The molecule has 0 aromatic heterocycles. The minimum Gasteiger partial charge on any atom is -0.481 e. The predicted molar refractivity (Wildman–Crippen MR) is 133 cm³/mol. The summed E-state index contributed by atoms with van der Waals surface area (Å²) in [5, 5.41) is 20.9. The fourth-order valence-corrected chi connectivity index (χ4v) is 10.4. The maximum atomic E-state index is 14.2. The van der Waals surface area contributed by atoms with Gasteiger partial charge >= 0.3 is 5.97 Å². The molecular formula is C30H46O4. The van der Waals surface area contributed by atoms with Crippen LogP contribution in [0.1, 0.15) is 106 Å². The number of hydrogen-bond acceptors (Lipinski definition) is 3. The molecule has 4 fully saturated rings. The van der Waals surface area contributed by atoms with Crippen LogP contribution in [-0.4, -0.2) is 28.1 Å². The highest BCUT2D eigenvalue weighted by Crippen LogP contribution is 2.75. The molecule has 0 aromatic carbocycles. The molecule has 0 radical (unpaired) electrons. The van der Waals surface area contributed by atoms with Crippen LogP contribution in [-0.2, 0) is 9.59 Å². The van der Waals surface area contributed by atoms with Crippen LogP contribution in [0, 0.1) is 50.2 Å². The van der Waals surface area contributed by atoms with Crippen molar-refractivity contribution in [2.75, 3.05) is 0 Å². The van der Waals surface area contributed by atoms with Crippen LogP contribution in [0.15, 0.2) is 11.6 Å². The van der Waals surface area contributed by atoms with E-state index < -0.39 is 11.4 Å². The normalized spacial score (nSPS) is 54.1. The number of allylic oxidation sites excluding steroid dienone is 2. The summed E-state index contributed by atoms with van der Waals surface area (Å²) >= 11 is 0. The van der Waals surface area contributed by atoms with Gasteiger partial charge in [-0.15, -0.1) is 0 Å². The Labute approximate surface area is 206 Å². The van der Waals surface area contributed by atoms with E-state index in [0.29, 0.717) is 12.3 Å². The molecule has 5 aliphatic rings. The zero-order chi connectivity index (χ0) is 25.1. The number of aliphatic hydroxyl groups excluding tert-OH is 1.